The van der Waals surface area contributed by atoms with Crippen molar-refractivity contribution in [2.24, 2.45) is 0 Å². The summed E-state index contributed by atoms with van der Waals surface area (Å²) >= 11 is 0. The Bertz CT molecular complexity index is 852. The summed E-state index contributed by atoms with van der Waals surface area (Å²) in [7, 11) is 0. The lowest BCUT2D eigenvalue weighted by molar-refractivity contribution is 0.0741. The van der Waals surface area contributed by atoms with Crippen LogP contribution >= 0.6 is 0 Å². The molecule has 24 heavy (non-hydrogen) atoms. The van der Waals surface area contributed by atoms with E-state index in [0.717, 1.165) is 24.2 Å². The van der Waals surface area contributed by atoms with Gasteiger partial charge < -0.3 is 13.8 Å². The van der Waals surface area contributed by atoms with Crippen molar-refractivity contribution in [3.8, 4) is 0 Å². The minimum atomic E-state index is -0.124. The molecule has 3 heterocycles. The molecule has 0 saturated heterocycles. The summed E-state index contributed by atoms with van der Waals surface area (Å²) in [4.78, 5) is 23.3. The molecule has 0 aliphatic heterocycles. The molecular weight excluding hydrogens is 306 g/mol. The van der Waals surface area contributed by atoms with Crippen LogP contribution < -0.4 is 0 Å². The maximum atomic E-state index is 12.9. The molecule has 0 radical (unpaired) electrons. The summed E-state index contributed by atoms with van der Waals surface area (Å²) in [5.74, 6) is 1.01. The molecule has 3 rings (SSSR count). The van der Waals surface area contributed by atoms with Gasteiger partial charge >= 0.3 is 0 Å². The zero-order chi connectivity index (χ0) is 17.1. The molecule has 3 aromatic rings. The topological polar surface area (TPSA) is 76.5 Å². The molecule has 0 bridgehead atoms. The lowest BCUT2D eigenvalue weighted by atomic mass is 10.3. The molecule has 7 nitrogen and oxygen atoms in total. The summed E-state index contributed by atoms with van der Waals surface area (Å²) in [6.45, 7) is 6.74. The number of hydrogen-bond donors (Lipinski definition) is 0. The van der Waals surface area contributed by atoms with Gasteiger partial charge in [-0.3, -0.25) is 4.79 Å². The minimum absolute atomic E-state index is 0.124. The first kappa shape index (κ1) is 16.2. The Kier molecular flexibility index (Phi) is 4.59. The fraction of sp³-hybridized carbons (Fsp3) is 0.412. The van der Waals surface area contributed by atoms with Gasteiger partial charge in [0.05, 0.1) is 12.2 Å². The molecular formula is C17H21N5O2. The number of rotatable bonds is 6. The predicted molar refractivity (Wildman–Crippen MR) is 88.6 cm³/mol. The molecule has 0 atom stereocenters. The van der Waals surface area contributed by atoms with Gasteiger partial charge in [-0.2, -0.15) is 4.98 Å². The highest BCUT2D eigenvalue weighted by Gasteiger charge is 2.22. The third-order valence-corrected chi connectivity index (χ3v) is 3.95. The molecule has 1 amide bonds. The zero-order valence-electron chi connectivity index (χ0n) is 14.2. The minimum Gasteiger partial charge on any atom is -0.339 e. The van der Waals surface area contributed by atoms with Gasteiger partial charge in [0.1, 0.15) is 11.3 Å². The molecule has 0 aliphatic rings. The van der Waals surface area contributed by atoms with Crippen molar-refractivity contribution >= 4 is 11.6 Å². The molecule has 0 fully saturated rings. The van der Waals surface area contributed by atoms with Crippen LogP contribution in [-0.2, 0) is 13.0 Å². The molecule has 0 aromatic carbocycles. The van der Waals surface area contributed by atoms with E-state index >= 15 is 0 Å². The Hall–Kier alpha value is -2.70. The van der Waals surface area contributed by atoms with Crippen LogP contribution in [0.5, 0.6) is 0 Å². The summed E-state index contributed by atoms with van der Waals surface area (Å²) in [5, 5.41) is 3.96. The van der Waals surface area contributed by atoms with E-state index in [2.05, 4.69) is 22.0 Å². The molecule has 0 N–H and O–H groups in total. The van der Waals surface area contributed by atoms with E-state index in [1.54, 1.807) is 4.90 Å². The molecule has 0 aliphatic carbocycles. The summed E-state index contributed by atoms with van der Waals surface area (Å²) in [5.41, 5.74) is 2.05. The Morgan fingerprint density at radius 2 is 2.12 bits per heavy atom. The molecule has 126 valence electrons. The predicted octanol–water partition coefficient (Wildman–Crippen LogP) is 2.64. The summed E-state index contributed by atoms with van der Waals surface area (Å²) < 4.78 is 7.10. The molecule has 0 spiro atoms. The van der Waals surface area contributed by atoms with Crippen LogP contribution in [-0.4, -0.2) is 36.9 Å². The number of fused-ring (bicyclic) bond motifs is 1. The number of pyridine rings is 1. The lowest BCUT2D eigenvalue weighted by Crippen LogP contribution is -2.31. The standard InChI is InChI=1S/C17H21N5O2/c1-4-8-15-18-13(20-24-15)11-21(5-2)17(23)16-12(3)22-10-7-6-9-14(22)19-16/h6-7,9-10H,4-5,8,11H2,1-3H3. The van der Waals surface area contributed by atoms with Gasteiger partial charge in [0.15, 0.2) is 5.82 Å². The third-order valence-electron chi connectivity index (χ3n) is 3.95. The lowest BCUT2D eigenvalue weighted by Gasteiger charge is -2.18. The van der Waals surface area contributed by atoms with E-state index in [9.17, 15) is 4.79 Å². The van der Waals surface area contributed by atoms with Crippen LogP contribution in [0.2, 0.25) is 0 Å². The highest BCUT2D eigenvalue weighted by Crippen LogP contribution is 2.15. The highest BCUT2D eigenvalue weighted by atomic mass is 16.5. The number of hydrogen-bond acceptors (Lipinski definition) is 5. The summed E-state index contributed by atoms with van der Waals surface area (Å²) in [6.07, 6.45) is 3.60. The maximum absolute atomic E-state index is 12.9. The normalized spacial score (nSPS) is 11.1. The Morgan fingerprint density at radius 1 is 1.29 bits per heavy atom. The highest BCUT2D eigenvalue weighted by molar-refractivity contribution is 5.94. The van der Waals surface area contributed by atoms with Crippen LogP contribution in [0, 0.1) is 6.92 Å². The number of amides is 1. The largest absolute Gasteiger partial charge is 0.339 e. The van der Waals surface area contributed by atoms with E-state index in [1.807, 2.05) is 42.6 Å². The van der Waals surface area contributed by atoms with Crippen molar-refractivity contribution < 1.29 is 9.32 Å². The molecule has 0 saturated carbocycles. The van der Waals surface area contributed by atoms with E-state index < -0.39 is 0 Å². The number of aryl methyl sites for hydroxylation is 2. The van der Waals surface area contributed by atoms with Crippen LogP contribution in [0.25, 0.3) is 5.65 Å². The van der Waals surface area contributed by atoms with E-state index in [1.165, 1.54) is 0 Å². The van der Waals surface area contributed by atoms with E-state index in [4.69, 9.17) is 4.52 Å². The second-order valence-corrected chi connectivity index (χ2v) is 5.65. The van der Waals surface area contributed by atoms with Crippen molar-refractivity contribution in [2.75, 3.05) is 6.54 Å². The molecule has 7 heteroatoms. The number of nitrogens with zero attached hydrogens (tertiary/aromatic N) is 5. The smallest absolute Gasteiger partial charge is 0.274 e. The zero-order valence-corrected chi connectivity index (χ0v) is 14.2. The molecule has 0 unspecified atom stereocenters. The van der Waals surface area contributed by atoms with Gasteiger partial charge in [0.2, 0.25) is 5.89 Å². The van der Waals surface area contributed by atoms with Crippen molar-refractivity contribution in [1.29, 1.82) is 0 Å². The van der Waals surface area contributed by atoms with Gasteiger partial charge in [0.25, 0.3) is 5.91 Å². The van der Waals surface area contributed by atoms with Crippen LogP contribution in [0.15, 0.2) is 28.9 Å². The van der Waals surface area contributed by atoms with Crippen LogP contribution in [0.3, 0.4) is 0 Å². The quantitative estimate of drug-likeness (QED) is 0.695. The monoisotopic (exact) mass is 327 g/mol. The van der Waals surface area contributed by atoms with Crippen molar-refractivity contribution in [3.63, 3.8) is 0 Å². The van der Waals surface area contributed by atoms with Gasteiger partial charge in [0, 0.05) is 19.2 Å². The fourth-order valence-corrected chi connectivity index (χ4v) is 2.64. The number of carbonyl (C=O) groups excluding carboxylic acids is 1. The molecule has 3 aromatic heterocycles. The average molecular weight is 327 g/mol. The summed E-state index contributed by atoms with van der Waals surface area (Å²) in [6, 6.07) is 5.71. The maximum Gasteiger partial charge on any atom is 0.274 e. The van der Waals surface area contributed by atoms with Crippen LogP contribution in [0.1, 0.15) is 48.2 Å². The number of aromatic nitrogens is 4. The average Bonchev–Trinajstić information content (AvgIpc) is 3.17. The van der Waals surface area contributed by atoms with Gasteiger partial charge in [-0.1, -0.05) is 18.1 Å². The fourth-order valence-electron chi connectivity index (χ4n) is 2.64. The number of imidazole rings is 1. The Balaban J connectivity index is 1.83. The van der Waals surface area contributed by atoms with Gasteiger partial charge in [-0.15, -0.1) is 0 Å². The van der Waals surface area contributed by atoms with Gasteiger partial charge in [-0.25, -0.2) is 4.98 Å². The van der Waals surface area contributed by atoms with E-state index in [-0.39, 0.29) is 5.91 Å². The first-order valence-electron chi connectivity index (χ1n) is 8.18. The van der Waals surface area contributed by atoms with Crippen molar-refractivity contribution in [2.45, 2.75) is 40.2 Å². The second-order valence-electron chi connectivity index (χ2n) is 5.65. The first-order chi connectivity index (χ1) is 11.6. The number of carbonyl (C=O) groups is 1. The van der Waals surface area contributed by atoms with E-state index in [0.29, 0.717) is 30.5 Å². The Labute approximate surface area is 140 Å². The third kappa shape index (κ3) is 3.02. The van der Waals surface area contributed by atoms with Gasteiger partial charge in [-0.05, 0) is 32.4 Å². The second kappa shape index (κ2) is 6.82. The first-order valence-corrected chi connectivity index (χ1v) is 8.18. The van der Waals surface area contributed by atoms with Crippen LogP contribution in [0.4, 0.5) is 0 Å². The van der Waals surface area contributed by atoms with Crippen molar-refractivity contribution in [1.82, 2.24) is 24.4 Å². The Morgan fingerprint density at radius 3 is 2.83 bits per heavy atom. The van der Waals surface area contributed by atoms with Crippen molar-refractivity contribution in [3.05, 3.63) is 47.5 Å². The SMILES string of the molecule is CCCc1nc(CN(CC)C(=O)c2nc3ccccn3c2C)no1.